The number of nitrogens with two attached hydrogens (primary N) is 1. The molecule has 0 radical (unpaired) electrons. The van der Waals surface area contributed by atoms with Gasteiger partial charge in [0.1, 0.15) is 0 Å². The summed E-state index contributed by atoms with van der Waals surface area (Å²) in [5.41, 5.74) is 10.1. The second-order valence-electron chi connectivity index (χ2n) is 9.65. The molecule has 0 amide bonds. The van der Waals surface area contributed by atoms with Crippen molar-refractivity contribution >= 4 is 21.7 Å². The first kappa shape index (κ1) is 25.8. The van der Waals surface area contributed by atoms with Crippen molar-refractivity contribution in [3.05, 3.63) is 96.2 Å². The van der Waals surface area contributed by atoms with Gasteiger partial charge < -0.3 is 5.73 Å². The Labute approximate surface area is 223 Å². The maximum Gasteiger partial charge on any atom is 0.264 e. The van der Waals surface area contributed by atoms with E-state index in [0.29, 0.717) is 12.2 Å². The molecule has 1 aliphatic rings. The molecule has 4 aromatic rings. The predicted molar refractivity (Wildman–Crippen MR) is 150 cm³/mol. The minimum Gasteiger partial charge on any atom is -0.321 e. The number of benzene rings is 2. The Morgan fingerprint density at radius 3 is 2.45 bits per heavy atom. The molecule has 2 heterocycles. The summed E-state index contributed by atoms with van der Waals surface area (Å²) < 4.78 is 29.5. The van der Waals surface area contributed by atoms with E-state index < -0.39 is 10.0 Å². The van der Waals surface area contributed by atoms with E-state index in [1.54, 1.807) is 18.2 Å². The summed E-state index contributed by atoms with van der Waals surface area (Å²) in [7, 11) is -3.82. The molecule has 2 aromatic heterocycles. The van der Waals surface area contributed by atoms with E-state index in [-0.39, 0.29) is 16.4 Å². The highest BCUT2D eigenvalue weighted by Gasteiger charge is 2.34. The average Bonchev–Trinajstić information content (AvgIpc) is 3.29. The molecule has 3 N–H and O–H groups in total. The molecule has 0 aliphatic heterocycles. The largest absolute Gasteiger partial charge is 0.321 e. The van der Waals surface area contributed by atoms with Crippen LogP contribution in [0.3, 0.4) is 0 Å². The summed E-state index contributed by atoms with van der Waals surface area (Å²) in [6.45, 7) is 2.15. The fourth-order valence-corrected chi connectivity index (χ4v) is 5.46. The quantitative estimate of drug-likeness (QED) is 0.267. The first-order valence-electron chi connectivity index (χ1n) is 12.9. The molecule has 196 valence electrons. The second kappa shape index (κ2) is 10.9. The maximum absolute atomic E-state index is 12.8. The van der Waals surface area contributed by atoms with Crippen LogP contribution in [0.25, 0.3) is 17.0 Å². The van der Waals surface area contributed by atoms with Gasteiger partial charge in [-0.3, -0.25) is 0 Å². The van der Waals surface area contributed by atoms with Gasteiger partial charge in [0.05, 0.1) is 10.6 Å². The van der Waals surface area contributed by atoms with E-state index in [0.717, 1.165) is 54.5 Å². The number of allylic oxidation sites excluding steroid dienone is 4. The number of anilines is 1. The van der Waals surface area contributed by atoms with Crippen molar-refractivity contribution in [2.45, 2.75) is 55.9 Å². The van der Waals surface area contributed by atoms with Gasteiger partial charge in [0.2, 0.25) is 0 Å². The average molecular weight is 529 g/mol. The van der Waals surface area contributed by atoms with Gasteiger partial charge in [0.15, 0.2) is 0 Å². The number of rotatable bonds is 10. The maximum atomic E-state index is 12.8. The van der Waals surface area contributed by atoms with Crippen LogP contribution in [0.5, 0.6) is 0 Å². The van der Waals surface area contributed by atoms with Crippen molar-refractivity contribution in [1.82, 2.24) is 19.6 Å². The van der Waals surface area contributed by atoms with Gasteiger partial charge in [-0.15, -0.1) is 5.10 Å². The van der Waals surface area contributed by atoms with Crippen LogP contribution in [0.2, 0.25) is 0 Å². The van der Waals surface area contributed by atoms with Crippen LogP contribution < -0.4 is 10.5 Å². The van der Waals surface area contributed by atoms with Crippen molar-refractivity contribution in [3.8, 4) is 11.3 Å². The molecule has 0 bridgehead atoms. The highest BCUT2D eigenvalue weighted by molar-refractivity contribution is 7.92. The standard InChI is InChI=1S/C29H32N6O2S/c1-2-3-4-5-6-8-12-23-21-35-28(32-27(33-35)34-38(36,37)25-13-9-7-10-14-25)31-26(23)22-15-17-24(18-16-22)29(30)19-11-20-29/h4-10,13-18,21H,2-3,11-12,19-20,30H2,1H3,(H,33,34). The van der Waals surface area contributed by atoms with Crippen LogP contribution in [-0.4, -0.2) is 28.0 Å². The van der Waals surface area contributed by atoms with E-state index in [4.69, 9.17) is 10.7 Å². The monoisotopic (exact) mass is 528 g/mol. The lowest BCUT2D eigenvalue weighted by Gasteiger charge is -2.38. The number of nitrogens with zero attached hydrogens (tertiary/aromatic N) is 4. The zero-order valence-corrected chi connectivity index (χ0v) is 22.2. The molecule has 0 unspecified atom stereocenters. The summed E-state index contributed by atoms with van der Waals surface area (Å²) in [6, 6.07) is 16.4. The van der Waals surface area contributed by atoms with Gasteiger partial charge in [-0.2, -0.15) is 4.98 Å². The Balaban J connectivity index is 1.48. The van der Waals surface area contributed by atoms with Crippen molar-refractivity contribution in [2.75, 3.05) is 4.72 Å². The number of hydrogen-bond acceptors (Lipinski definition) is 6. The first-order valence-corrected chi connectivity index (χ1v) is 14.4. The number of nitrogens with one attached hydrogen (secondary N) is 1. The lowest BCUT2D eigenvalue weighted by Crippen LogP contribution is -2.43. The van der Waals surface area contributed by atoms with Crippen LogP contribution in [0.15, 0.2) is 90.0 Å². The molecular formula is C29H32N6O2S. The Bertz CT molecular complexity index is 1570. The van der Waals surface area contributed by atoms with Crippen LogP contribution in [0.4, 0.5) is 5.95 Å². The summed E-state index contributed by atoms with van der Waals surface area (Å²) in [5, 5.41) is 4.35. The van der Waals surface area contributed by atoms with Gasteiger partial charge in [-0.05, 0) is 49.8 Å². The van der Waals surface area contributed by atoms with Gasteiger partial charge in [-0.1, -0.05) is 80.1 Å². The Hall–Kier alpha value is -3.82. The Morgan fingerprint density at radius 1 is 1.03 bits per heavy atom. The number of unbranched alkanes of at least 4 members (excludes halogenated alkanes) is 1. The fourth-order valence-electron chi connectivity index (χ4n) is 4.50. The van der Waals surface area contributed by atoms with Crippen LogP contribution in [-0.2, 0) is 22.0 Å². The molecule has 2 aromatic carbocycles. The third kappa shape index (κ3) is 5.54. The fraction of sp³-hybridized carbons (Fsp3) is 0.276. The SMILES string of the molecule is CCCC=CC=CCc1cn2nc(NS(=O)(=O)c3ccccc3)nc2nc1-c1ccc(C2(N)CCC2)cc1. The Kier molecular flexibility index (Phi) is 7.40. The highest BCUT2D eigenvalue weighted by atomic mass is 32.2. The first-order chi connectivity index (χ1) is 18.4. The van der Waals surface area contributed by atoms with Crippen molar-refractivity contribution in [1.29, 1.82) is 0 Å². The molecule has 0 saturated heterocycles. The zero-order chi connectivity index (χ0) is 26.6. The van der Waals surface area contributed by atoms with Crippen molar-refractivity contribution in [3.63, 3.8) is 0 Å². The van der Waals surface area contributed by atoms with Crippen LogP contribution in [0.1, 0.15) is 50.2 Å². The van der Waals surface area contributed by atoms with E-state index >= 15 is 0 Å². The summed E-state index contributed by atoms with van der Waals surface area (Å²) in [5.74, 6) is 0.271. The minimum absolute atomic E-state index is 0.0344. The van der Waals surface area contributed by atoms with Gasteiger partial charge in [0, 0.05) is 22.9 Å². The normalized spacial score (nSPS) is 15.3. The Morgan fingerprint density at radius 2 is 1.76 bits per heavy atom. The summed E-state index contributed by atoms with van der Waals surface area (Å²) >= 11 is 0. The number of sulfonamides is 1. The summed E-state index contributed by atoms with van der Waals surface area (Å²) in [6.07, 6.45) is 16.1. The van der Waals surface area contributed by atoms with Crippen molar-refractivity contribution in [2.24, 2.45) is 5.73 Å². The lowest BCUT2D eigenvalue weighted by molar-refractivity contribution is 0.253. The smallest absolute Gasteiger partial charge is 0.264 e. The lowest BCUT2D eigenvalue weighted by atomic mass is 9.72. The van der Waals surface area contributed by atoms with E-state index in [9.17, 15) is 8.42 Å². The molecule has 9 heteroatoms. The molecular weight excluding hydrogens is 496 g/mol. The predicted octanol–water partition coefficient (Wildman–Crippen LogP) is 5.39. The zero-order valence-electron chi connectivity index (χ0n) is 21.4. The molecule has 5 rings (SSSR count). The molecule has 1 saturated carbocycles. The minimum atomic E-state index is -3.82. The van der Waals surface area contributed by atoms with E-state index in [2.05, 4.69) is 52.1 Å². The summed E-state index contributed by atoms with van der Waals surface area (Å²) in [4.78, 5) is 9.29. The van der Waals surface area contributed by atoms with Gasteiger partial charge >= 0.3 is 0 Å². The third-order valence-electron chi connectivity index (χ3n) is 6.84. The van der Waals surface area contributed by atoms with Crippen LogP contribution in [0, 0.1) is 0 Å². The van der Waals surface area contributed by atoms with Gasteiger partial charge in [-0.25, -0.2) is 22.6 Å². The third-order valence-corrected chi connectivity index (χ3v) is 8.19. The molecule has 0 spiro atoms. The molecule has 1 fully saturated rings. The number of hydrogen-bond donors (Lipinski definition) is 2. The topological polar surface area (TPSA) is 115 Å². The number of aromatic nitrogens is 4. The molecule has 38 heavy (non-hydrogen) atoms. The molecule has 1 aliphatic carbocycles. The van der Waals surface area contributed by atoms with E-state index in [1.807, 2.05) is 24.4 Å². The molecule has 0 atom stereocenters. The second-order valence-corrected chi connectivity index (χ2v) is 11.3. The van der Waals surface area contributed by atoms with Gasteiger partial charge in [0.25, 0.3) is 21.7 Å². The molecule has 8 nitrogen and oxygen atoms in total. The van der Waals surface area contributed by atoms with Crippen molar-refractivity contribution < 1.29 is 8.42 Å². The van der Waals surface area contributed by atoms with E-state index in [1.165, 1.54) is 16.6 Å². The van der Waals surface area contributed by atoms with Crippen LogP contribution >= 0.6 is 0 Å². The number of fused-ring (bicyclic) bond motifs is 1. The highest BCUT2D eigenvalue weighted by Crippen LogP contribution is 2.39.